The number of aromatic nitrogens is 2. The molecule has 1 aromatic carbocycles. The van der Waals surface area contributed by atoms with E-state index in [0.717, 1.165) is 16.5 Å². The molecule has 5 heteroatoms. The molecule has 0 bridgehead atoms. The van der Waals surface area contributed by atoms with Gasteiger partial charge in [0, 0.05) is 17.8 Å². The van der Waals surface area contributed by atoms with Gasteiger partial charge in [-0.15, -0.1) is 0 Å². The summed E-state index contributed by atoms with van der Waals surface area (Å²) in [6.07, 6.45) is 2.22. The number of benzene rings is 1. The molecule has 0 saturated heterocycles. The number of hydrogen-bond donors (Lipinski definition) is 1. The highest BCUT2D eigenvalue weighted by Gasteiger charge is 2.14. The molecule has 0 spiro atoms. The summed E-state index contributed by atoms with van der Waals surface area (Å²) in [5, 5.41) is 4.94. The lowest BCUT2D eigenvalue weighted by Crippen LogP contribution is -2.17. The number of hydrogen-bond acceptors (Lipinski definition) is 5. The van der Waals surface area contributed by atoms with Crippen LogP contribution in [0.5, 0.6) is 0 Å². The minimum absolute atomic E-state index is 0.000561. The smallest absolute Gasteiger partial charge is 0.228 e. The van der Waals surface area contributed by atoms with Crippen LogP contribution in [0.3, 0.4) is 0 Å². The van der Waals surface area contributed by atoms with Crippen molar-refractivity contribution in [3.05, 3.63) is 36.4 Å². The van der Waals surface area contributed by atoms with Crippen LogP contribution in [-0.4, -0.2) is 16.2 Å². The molecule has 1 atom stereocenters. The molecular formula is C13H13N3O2. The third-order valence-electron chi connectivity index (χ3n) is 2.69. The van der Waals surface area contributed by atoms with Gasteiger partial charge in [-0.05, 0) is 13.0 Å². The van der Waals surface area contributed by atoms with Gasteiger partial charge in [-0.1, -0.05) is 23.4 Å². The summed E-state index contributed by atoms with van der Waals surface area (Å²) >= 11 is 0. The Hall–Kier alpha value is -2.14. The van der Waals surface area contributed by atoms with E-state index in [9.17, 15) is 0 Å². The van der Waals surface area contributed by atoms with Crippen LogP contribution >= 0.6 is 0 Å². The molecule has 3 aromatic rings. The first-order chi connectivity index (χ1) is 8.74. The van der Waals surface area contributed by atoms with Gasteiger partial charge in [0.1, 0.15) is 11.8 Å². The van der Waals surface area contributed by atoms with Crippen LogP contribution in [0.4, 0.5) is 0 Å². The lowest BCUT2D eigenvalue weighted by molar-refractivity contribution is 0.372. The van der Waals surface area contributed by atoms with E-state index >= 15 is 0 Å². The van der Waals surface area contributed by atoms with Crippen molar-refractivity contribution in [2.75, 3.05) is 0 Å². The molecule has 3 rings (SSSR count). The second-order valence-electron chi connectivity index (χ2n) is 4.34. The fraction of sp³-hybridized carbons (Fsp3) is 0.231. The maximum Gasteiger partial charge on any atom is 0.228 e. The Kier molecular flexibility index (Phi) is 2.60. The van der Waals surface area contributed by atoms with Crippen molar-refractivity contribution in [3.63, 3.8) is 0 Å². The highest BCUT2D eigenvalue weighted by molar-refractivity contribution is 5.91. The van der Waals surface area contributed by atoms with Crippen molar-refractivity contribution in [2.45, 2.75) is 19.4 Å². The topological polar surface area (TPSA) is 78.1 Å². The monoisotopic (exact) mass is 243 g/mol. The second-order valence-corrected chi connectivity index (χ2v) is 4.34. The molecule has 5 nitrogen and oxygen atoms in total. The van der Waals surface area contributed by atoms with Crippen molar-refractivity contribution >= 4 is 11.0 Å². The van der Waals surface area contributed by atoms with Crippen molar-refractivity contribution in [1.82, 2.24) is 10.1 Å². The van der Waals surface area contributed by atoms with Crippen molar-refractivity contribution in [3.8, 4) is 11.4 Å². The summed E-state index contributed by atoms with van der Waals surface area (Å²) in [4.78, 5) is 4.33. The zero-order valence-electron chi connectivity index (χ0n) is 9.96. The molecule has 0 amide bonds. The van der Waals surface area contributed by atoms with Gasteiger partial charge in [-0.25, -0.2) is 0 Å². The first kappa shape index (κ1) is 11.0. The van der Waals surface area contributed by atoms with E-state index in [1.54, 1.807) is 6.26 Å². The zero-order valence-corrected chi connectivity index (χ0v) is 9.96. The first-order valence-electron chi connectivity index (χ1n) is 5.79. The summed E-state index contributed by atoms with van der Waals surface area (Å²) in [7, 11) is 0. The Morgan fingerprint density at radius 3 is 3.00 bits per heavy atom. The van der Waals surface area contributed by atoms with Gasteiger partial charge < -0.3 is 14.7 Å². The molecular weight excluding hydrogens is 230 g/mol. The molecule has 0 radical (unpaired) electrons. The van der Waals surface area contributed by atoms with Gasteiger partial charge >= 0.3 is 0 Å². The number of para-hydroxylation sites is 1. The van der Waals surface area contributed by atoms with E-state index in [1.165, 1.54) is 0 Å². The Morgan fingerprint density at radius 1 is 1.33 bits per heavy atom. The van der Waals surface area contributed by atoms with E-state index < -0.39 is 0 Å². The standard InChI is InChI=1S/C13H13N3O2/c1-8(14)6-12-15-13(16-18-12)10-7-17-11-5-3-2-4-9(10)11/h2-5,7-8H,6,14H2,1H3. The van der Waals surface area contributed by atoms with Gasteiger partial charge in [0.15, 0.2) is 0 Å². The van der Waals surface area contributed by atoms with Crippen LogP contribution in [-0.2, 0) is 6.42 Å². The minimum atomic E-state index is -0.000561. The lowest BCUT2D eigenvalue weighted by atomic mass is 10.2. The van der Waals surface area contributed by atoms with Crippen LogP contribution < -0.4 is 5.73 Å². The Labute approximate surface area is 104 Å². The van der Waals surface area contributed by atoms with E-state index in [4.69, 9.17) is 14.7 Å². The Bertz CT molecular complexity index is 669. The molecule has 0 fully saturated rings. The molecule has 0 aliphatic heterocycles. The van der Waals surface area contributed by atoms with Crippen molar-refractivity contribution < 1.29 is 8.94 Å². The zero-order chi connectivity index (χ0) is 12.5. The molecule has 0 aliphatic carbocycles. The number of nitrogens with two attached hydrogens (primary N) is 1. The molecule has 92 valence electrons. The van der Waals surface area contributed by atoms with Crippen molar-refractivity contribution in [2.24, 2.45) is 5.73 Å². The number of fused-ring (bicyclic) bond motifs is 1. The Morgan fingerprint density at radius 2 is 2.17 bits per heavy atom. The van der Waals surface area contributed by atoms with Crippen LogP contribution in [0.25, 0.3) is 22.4 Å². The molecule has 2 N–H and O–H groups in total. The summed E-state index contributed by atoms with van der Waals surface area (Å²) in [5.41, 5.74) is 7.35. The quantitative estimate of drug-likeness (QED) is 0.764. The number of rotatable bonds is 3. The molecule has 0 saturated carbocycles. The van der Waals surface area contributed by atoms with E-state index in [0.29, 0.717) is 18.1 Å². The molecule has 1 unspecified atom stereocenters. The fourth-order valence-electron chi connectivity index (χ4n) is 1.87. The van der Waals surface area contributed by atoms with E-state index in [1.807, 2.05) is 31.2 Å². The maximum absolute atomic E-state index is 5.70. The third-order valence-corrected chi connectivity index (χ3v) is 2.69. The van der Waals surface area contributed by atoms with Gasteiger partial charge in [0.05, 0.1) is 5.56 Å². The number of furan rings is 1. The fourth-order valence-corrected chi connectivity index (χ4v) is 1.87. The molecule has 18 heavy (non-hydrogen) atoms. The normalized spacial score (nSPS) is 13.0. The van der Waals surface area contributed by atoms with E-state index in [-0.39, 0.29) is 6.04 Å². The van der Waals surface area contributed by atoms with Crippen LogP contribution in [0.15, 0.2) is 39.5 Å². The maximum atomic E-state index is 5.70. The molecule has 2 heterocycles. The average Bonchev–Trinajstić information content (AvgIpc) is 2.94. The summed E-state index contributed by atoms with van der Waals surface area (Å²) < 4.78 is 10.6. The first-order valence-corrected chi connectivity index (χ1v) is 5.79. The highest BCUT2D eigenvalue weighted by atomic mass is 16.5. The second kappa shape index (κ2) is 4.27. The Balaban J connectivity index is 2.01. The lowest BCUT2D eigenvalue weighted by Gasteiger charge is -1.96. The average molecular weight is 243 g/mol. The van der Waals surface area contributed by atoms with E-state index in [2.05, 4.69) is 10.1 Å². The minimum Gasteiger partial charge on any atom is -0.464 e. The van der Waals surface area contributed by atoms with Gasteiger partial charge in [0.25, 0.3) is 0 Å². The summed E-state index contributed by atoms with van der Waals surface area (Å²) in [5.74, 6) is 1.08. The summed E-state index contributed by atoms with van der Waals surface area (Å²) in [6.45, 7) is 1.90. The third kappa shape index (κ3) is 1.89. The number of nitrogens with zero attached hydrogens (tertiary/aromatic N) is 2. The summed E-state index contributed by atoms with van der Waals surface area (Å²) in [6, 6.07) is 7.74. The van der Waals surface area contributed by atoms with Crippen LogP contribution in [0, 0.1) is 0 Å². The van der Waals surface area contributed by atoms with Gasteiger partial charge in [-0.2, -0.15) is 4.98 Å². The van der Waals surface area contributed by atoms with Crippen molar-refractivity contribution in [1.29, 1.82) is 0 Å². The molecule has 2 aromatic heterocycles. The van der Waals surface area contributed by atoms with Gasteiger partial charge in [-0.3, -0.25) is 0 Å². The predicted molar refractivity (Wildman–Crippen MR) is 66.9 cm³/mol. The van der Waals surface area contributed by atoms with Gasteiger partial charge in [0.2, 0.25) is 11.7 Å². The highest BCUT2D eigenvalue weighted by Crippen LogP contribution is 2.28. The largest absolute Gasteiger partial charge is 0.464 e. The predicted octanol–water partition coefficient (Wildman–Crippen LogP) is 2.37. The van der Waals surface area contributed by atoms with Crippen LogP contribution in [0.2, 0.25) is 0 Å². The van der Waals surface area contributed by atoms with Crippen LogP contribution in [0.1, 0.15) is 12.8 Å². The SMILES string of the molecule is CC(N)Cc1nc(-c2coc3ccccc23)no1. The molecule has 0 aliphatic rings.